The number of benzene rings is 3. The zero-order chi connectivity index (χ0) is 22.5. The molecule has 2 amide bonds. The summed E-state index contributed by atoms with van der Waals surface area (Å²) in [6, 6.07) is 22.2. The first-order chi connectivity index (χ1) is 15.5. The molecule has 1 aliphatic heterocycles. The van der Waals surface area contributed by atoms with Crippen LogP contribution in [0.2, 0.25) is 0 Å². The van der Waals surface area contributed by atoms with Crippen LogP contribution in [-0.2, 0) is 16.1 Å². The van der Waals surface area contributed by atoms with Gasteiger partial charge in [-0.2, -0.15) is 0 Å². The number of para-hydroxylation sites is 2. The largest absolute Gasteiger partial charge is 0.496 e. The molecule has 0 fully saturated rings. The molecular formula is C25H21BrN2O4. The zero-order valence-corrected chi connectivity index (χ0v) is 19.0. The second-order valence-electron chi connectivity index (χ2n) is 7.13. The Labute approximate surface area is 194 Å². The maximum atomic E-state index is 13.2. The lowest BCUT2D eigenvalue weighted by atomic mass is 10.1. The summed E-state index contributed by atoms with van der Waals surface area (Å²) in [6.07, 6.45) is 1.65. The molecule has 1 aliphatic rings. The molecule has 4 rings (SSSR count). The summed E-state index contributed by atoms with van der Waals surface area (Å²) >= 11 is 3.45. The van der Waals surface area contributed by atoms with Crippen LogP contribution in [-0.4, -0.2) is 25.5 Å². The van der Waals surface area contributed by atoms with Crippen molar-refractivity contribution in [2.45, 2.75) is 6.54 Å². The number of anilines is 1. The third-order valence-electron chi connectivity index (χ3n) is 4.94. The summed E-state index contributed by atoms with van der Waals surface area (Å²) < 4.78 is 11.9. The van der Waals surface area contributed by atoms with Gasteiger partial charge in [0.05, 0.1) is 17.3 Å². The van der Waals surface area contributed by atoms with Gasteiger partial charge in [0.2, 0.25) is 5.91 Å². The van der Waals surface area contributed by atoms with Gasteiger partial charge in [0.15, 0.2) is 11.5 Å². The van der Waals surface area contributed by atoms with E-state index < -0.39 is 0 Å². The number of nitrogens with zero attached hydrogens (tertiary/aromatic N) is 1. The summed E-state index contributed by atoms with van der Waals surface area (Å²) in [5.41, 5.74) is 2.30. The van der Waals surface area contributed by atoms with Crippen LogP contribution in [0.25, 0.3) is 6.08 Å². The Hall–Kier alpha value is -3.58. The Bertz CT molecular complexity index is 1180. The highest BCUT2D eigenvalue weighted by atomic mass is 79.9. The van der Waals surface area contributed by atoms with Crippen LogP contribution in [0.1, 0.15) is 11.1 Å². The first-order valence-electron chi connectivity index (χ1n) is 10.00. The van der Waals surface area contributed by atoms with Crippen LogP contribution in [0, 0.1) is 0 Å². The molecular weight excluding hydrogens is 472 g/mol. The van der Waals surface area contributed by atoms with Crippen molar-refractivity contribution in [1.29, 1.82) is 0 Å². The number of ether oxygens (including phenoxy) is 2. The molecule has 1 N–H and O–H groups in total. The molecule has 1 heterocycles. The van der Waals surface area contributed by atoms with Gasteiger partial charge in [-0.1, -0.05) is 48.5 Å². The van der Waals surface area contributed by atoms with Gasteiger partial charge in [0, 0.05) is 6.54 Å². The van der Waals surface area contributed by atoms with E-state index in [0.29, 0.717) is 23.7 Å². The second-order valence-corrected chi connectivity index (χ2v) is 7.98. The monoisotopic (exact) mass is 492 g/mol. The molecule has 0 saturated carbocycles. The van der Waals surface area contributed by atoms with E-state index >= 15 is 0 Å². The van der Waals surface area contributed by atoms with Crippen molar-refractivity contribution in [1.82, 2.24) is 5.32 Å². The number of fused-ring (bicyclic) bond motifs is 1. The molecule has 0 spiro atoms. The fourth-order valence-electron chi connectivity index (χ4n) is 3.34. The Morgan fingerprint density at radius 3 is 2.59 bits per heavy atom. The fraction of sp³-hybridized carbons (Fsp3) is 0.120. The number of hydrogen-bond acceptors (Lipinski definition) is 4. The lowest BCUT2D eigenvalue weighted by Crippen LogP contribution is -2.44. The summed E-state index contributed by atoms with van der Waals surface area (Å²) in [4.78, 5) is 27.3. The minimum atomic E-state index is -0.384. The first kappa shape index (κ1) is 21.6. The summed E-state index contributed by atoms with van der Waals surface area (Å²) in [7, 11) is 1.59. The van der Waals surface area contributed by atoms with Crippen molar-refractivity contribution < 1.29 is 19.1 Å². The van der Waals surface area contributed by atoms with E-state index in [1.807, 2.05) is 48.5 Å². The van der Waals surface area contributed by atoms with E-state index in [1.54, 1.807) is 37.5 Å². The van der Waals surface area contributed by atoms with Gasteiger partial charge >= 0.3 is 0 Å². The van der Waals surface area contributed by atoms with Crippen LogP contribution in [0.4, 0.5) is 5.69 Å². The lowest BCUT2D eigenvalue weighted by Gasteiger charge is -2.30. The topological polar surface area (TPSA) is 67.9 Å². The van der Waals surface area contributed by atoms with E-state index in [1.165, 1.54) is 4.90 Å². The van der Waals surface area contributed by atoms with Gasteiger partial charge in [-0.3, -0.25) is 14.5 Å². The van der Waals surface area contributed by atoms with Gasteiger partial charge in [-0.15, -0.1) is 0 Å². The molecule has 3 aromatic carbocycles. The Morgan fingerprint density at radius 1 is 1.09 bits per heavy atom. The highest BCUT2D eigenvalue weighted by molar-refractivity contribution is 9.10. The van der Waals surface area contributed by atoms with E-state index in [9.17, 15) is 9.59 Å². The Kier molecular flexibility index (Phi) is 6.56. The van der Waals surface area contributed by atoms with Crippen LogP contribution >= 0.6 is 15.9 Å². The summed E-state index contributed by atoms with van der Waals surface area (Å²) in [5.74, 6) is 0.694. The van der Waals surface area contributed by atoms with Crippen molar-refractivity contribution in [3.63, 3.8) is 0 Å². The number of methoxy groups -OCH3 is 1. The molecule has 0 atom stereocenters. The fourth-order valence-corrected chi connectivity index (χ4v) is 3.90. The molecule has 3 aromatic rings. The molecule has 6 nitrogen and oxygen atoms in total. The van der Waals surface area contributed by atoms with E-state index in [4.69, 9.17) is 9.47 Å². The third kappa shape index (κ3) is 4.84. The van der Waals surface area contributed by atoms with Crippen molar-refractivity contribution in [3.05, 3.63) is 94.2 Å². The van der Waals surface area contributed by atoms with Crippen LogP contribution in [0.15, 0.2) is 83.0 Å². The molecule has 0 saturated heterocycles. The minimum absolute atomic E-state index is 0.115. The lowest BCUT2D eigenvalue weighted by molar-refractivity contribution is -0.123. The Morgan fingerprint density at radius 2 is 1.84 bits per heavy atom. The highest BCUT2D eigenvalue weighted by Crippen LogP contribution is 2.36. The van der Waals surface area contributed by atoms with Gasteiger partial charge in [0.1, 0.15) is 12.3 Å². The number of halogens is 1. The Balaban J connectivity index is 1.56. The van der Waals surface area contributed by atoms with Gasteiger partial charge in [0.25, 0.3) is 5.91 Å². The quantitative estimate of drug-likeness (QED) is 0.512. The molecule has 7 heteroatoms. The maximum absolute atomic E-state index is 13.2. The van der Waals surface area contributed by atoms with Crippen molar-refractivity contribution in [3.8, 4) is 11.5 Å². The maximum Gasteiger partial charge on any atom is 0.294 e. The van der Waals surface area contributed by atoms with Gasteiger partial charge in [-0.25, -0.2) is 0 Å². The summed E-state index contributed by atoms with van der Waals surface area (Å²) in [5, 5.41) is 2.87. The van der Waals surface area contributed by atoms with Gasteiger partial charge < -0.3 is 14.8 Å². The third-order valence-corrected chi connectivity index (χ3v) is 5.56. The minimum Gasteiger partial charge on any atom is -0.496 e. The molecule has 0 radical (unpaired) electrons. The summed E-state index contributed by atoms with van der Waals surface area (Å²) in [6.45, 7) is 0.276. The zero-order valence-electron chi connectivity index (χ0n) is 17.4. The van der Waals surface area contributed by atoms with E-state index in [2.05, 4.69) is 21.2 Å². The average Bonchev–Trinajstić information content (AvgIpc) is 2.81. The molecule has 0 aromatic heterocycles. The van der Waals surface area contributed by atoms with Crippen molar-refractivity contribution in [2.75, 3.05) is 18.6 Å². The van der Waals surface area contributed by atoms with Crippen molar-refractivity contribution in [2.24, 2.45) is 0 Å². The van der Waals surface area contributed by atoms with E-state index in [0.717, 1.165) is 15.6 Å². The molecule has 32 heavy (non-hydrogen) atoms. The number of nitrogens with one attached hydrogen (secondary N) is 1. The second kappa shape index (κ2) is 9.70. The van der Waals surface area contributed by atoms with Crippen molar-refractivity contribution >= 4 is 39.5 Å². The van der Waals surface area contributed by atoms with Crippen LogP contribution < -0.4 is 19.7 Å². The number of rotatable bonds is 6. The molecule has 0 bridgehead atoms. The number of carbonyl (C=O) groups is 2. The SMILES string of the molecule is COc1ccc(C=C2Oc3ccccc3N(CC(=O)NCc3ccccc3)C2=O)cc1Br. The predicted octanol–water partition coefficient (Wildman–Crippen LogP) is 4.54. The number of amides is 2. The number of hydrogen-bond donors (Lipinski definition) is 1. The smallest absolute Gasteiger partial charge is 0.294 e. The van der Waals surface area contributed by atoms with E-state index in [-0.39, 0.29) is 24.1 Å². The molecule has 0 unspecified atom stereocenters. The standard InChI is InChI=1S/C25H21BrN2O4/c1-31-21-12-11-18(13-19(21)26)14-23-25(30)28(20-9-5-6-10-22(20)32-23)16-24(29)27-15-17-7-3-2-4-8-17/h2-14H,15-16H2,1H3,(H,27,29). The van der Waals surface area contributed by atoms with Gasteiger partial charge in [-0.05, 0) is 57.4 Å². The normalized spacial score (nSPS) is 14.0. The van der Waals surface area contributed by atoms with Crippen LogP contribution in [0.3, 0.4) is 0 Å². The molecule has 162 valence electrons. The average molecular weight is 493 g/mol. The predicted molar refractivity (Wildman–Crippen MR) is 126 cm³/mol. The molecule has 0 aliphatic carbocycles. The number of carbonyl (C=O) groups excluding carboxylic acids is 2. The highest BCUT2D eigenvalue weighted by Gasteiger charge is 2.31. The first-order valence-corrected chi connectivity index (χ1v) is 10.8. The van der Waals surface area contributed by atoms with Crippen LogP contribution in [0.5, 0.6) is 11.5 Å².